The van der Waals surface area contributed by atoms with E-state index in [1.54, 1.807) is 13.0 Å². The highest BCUT2D eigenvalue weighted by molar-refractivity contribution is 7.91. The summed E-state index contributed by atoms with van der Waals surface area (Å²) in [6.45, 7) is 3.90. The van der Waals surface area contributed by atoms with Crippen LogP contribution in [0.1, 0.15) is 17.0 Å². The highest BCUT2D eigenvalue weighted by atomic mass is 32.2. The summed E-state index contributed by atoms with van der Waals surface area (Å²) in [5.74, 6) is 0.767. The molecule has 0 bridgehead atoms. The van der Waals surface area contributed by atoms with Crippen molar-refractivity contribution >= 4 is 21.4 Å². The number of nitrogens with zero attached hydrogens (tertiary/aromatic N) is 2. The average Bonchev–Trinajstić information content (AvgIpc) is 3.14. The minimum Gasteiger partial charge on any atom is -0.420 e. The maximum atomic E-state index is 12.4. The molecule has 2 heterocycles. The van der Waals surface area contributed by atoms with Crippen molar-refractivity contribution in [2.24, 2.45) is 0 Å². The molecule has 0 amide bonds. The molecule has 23 heavy (non-hydrogen) atoms. The second kappa shape index (κ2) is 6.23. The first kappa shape index (κ1) is 15.9. The lowest BCUT2D eigenvalue weighted by atomic mass is 10.1. The lowest BCUT2D eigenvalue weighted by molar-refractivity contribution is 0.534. The molecule has 0 atom stereocenters. The molecule has 2 aromatic heterocycles. The predicted molar refractivity (Wildman–Crippen MR) is 87.6 cm³/mol. The van der Waals surface area contributed by atoms with E-state index in [1.807, 2.05) is 31.2 Å². The molecule has 6 nitrogen and oxygen atoms in total. The van der Waals surface area contributed by atoms with Crippen LogP contribution in [0, 0.1) is 13.8 Å². The van der Waals surface area contributed by atoms with Crippen molar-refractivity contribution in [3.63, 3.8) is 0 Å². The van der Waals surface area contributed by atoms with Gasteiger partial charge >= 0.3 is 0 Å². The summed E-state index contributed by atoms with van der Waals surface area (Å²) in [7, 11) is -3.57. The fourth-order valence-corrected chi connectivity index (χ4v) is 4.34. The molecule has 0 aliphatic carbocycles. The monoisotopic (exact) mass is 349 g/mol. The number of benzene rings is 1. The molecule has 1 aromatic carbocycles. The van der Waals surface area contributed by atoms with Crippen LogP contribution in [0.4, 0.5) is 0 Å². The van der Waals surface area contributed by atoms with Crippen LogP contribution in [0.15, 0.2) is 45.0 Å². The van der Waals surface area contributed by atoms with Gasteiger partial charge in [0.15, 0.2) is 0 Å². The van der Waals surface area contributed by atoms with Crippen LogP contribution < -0.4 is 4.72 Å². The molecule has 0 spiro atoms. The minimum absolute atomic E-state index is 0.219. The number of rotatable bonds is 5. The Labute approximate surface area is 138 Å². The van der Waals surface area contributed by atoms with E-state index in [0.717, 1.165) is 22.5 Å². The van der Waals surface area contributed by atoms with Crippen molar-refractivity contribution in [1.29, 1.82) is 0 Å². The van der Waals surface area contributed by atoms with E-state index in [0.29, 0.717) is 16.7 Å². The Balaban J connectivity index is 1.76. The van der Waals surface area contributed by atoms with Crippen LogP contribution in [-0.4, -0.2) is 18.6 Å². The van der Waals surface area contributed by atoms with Crippen LogP contribution in [0.5, 0.6) is 0 Å². The molecular weight excluding hydrogens is 334 g/mol. The van der Waals surface area contributed by atoms with Gasteiger partial charge in [0.05, 0.1) is 4.88 Å². The Morgan fingerprint density at radius 2 is 2.00 bits per heavy atom. The Hall–Kier alpha value is -2.03. The fourth-order valence-electron chi connectivity index (χ4n) is 2.05. The number of sulfonamides is 1. The third kappa shape index (κ3) is 3.66. The van der Waals surface area contributed by atoms with Crippen LogP contribution in [0.25, 0.3) is 10.8 Å². The van der Waals surface area contributed by atoms with Crippen LogP contribution >= 0.6 is 11.3 Å². The summed E-state index contributed by atoms with van der Waals surface area (Å²) in [5, 5.41) is 7.64. The second-order valence-electron chi connectivity index (χ2n) is 5.06. The summed E-state index contributed by atoms with van der Waals surface area (Å²) in [4.78, 5) is 0.626. The first-order valence-electron chi connectivity index (χ1n) is 6.89. The standard InChI is InChI=1S/C15H15N3O3S2/c1-10-4-3-5-12(8-10)9-16-23(19,20)14-7-6-13(22-14)15-18-17-11(2)21-15/h3-8,16H,9H2,1-2H3. The van der Waals surface area contributed by atoms with Gasteiger partial charge in [0.25, 0.3) is 5.89 Å². The Morgan fingerprint density at radius 3 is 2.70 bits per heavy atom. The Kier molecular flexibility index (Phi) is 4.29. The van der Waals surface area contributed by atoms with E-state index in [9.17, 15) is 8.42 Å². The molecule has 0 saturated carbocycles. The molecule has 3 aromatic rings. The maximum Gasteiger partial charge on any atom is 0.257 e. The molecule has 0 fully saturated rings. The van der Waals surface area contributed by atoms with Gasteiger partial charge in [-0.3, -0.25) is 0 Å². The van der Waals surface area contributed by atoms with E-state index in [2.05, 4.69) is 14.9 Å². The number of hydrogen-bond acceptors (Lipinski definition) is 6. The van der Waals surface area contributed by atoms with Crippen molar-refractivity contribution in [1.82, 2.24) is 14.9 Å². The molecule has 0 unspecified atom stereocenters. The number of aryl methyl sites for hydroxylation is 2. The average molecular weight is 349 g/mol. The Bertz CT molecular complexity index is 929. The molecule has 1 N–H and O–H groups in total. The van der Waals surface area contributed by atoms with Gasteiger partial charge in [0.2, 0.25) is 15.9 Å². The van der Waals surface area contributed by atoms with E-state index >= 15 is 0 Å². The van der Waals surface area contributed by atoms with Crippen molar-refractivity contribution in [2.45, 2.75) is 24.6 Å². The molecule has 3 rings (SSSR count). The highest BCUT2D eigenvalue weighted by Gasteiger charge is 2.19. The van der Waals surface area contributed by atoms with Gasteiger partial charge in [0, 0.05) is 13.5 Å². The zero-order valence-corrected chi connectivity index (χ0v) is 14.2. The number of hydrogen-bond donors (Lipinski definition) is 1. The maximum absolute atomic E-state index is 12.4. The molecule has 0 aliphatic rings. The fraction of sp³-hybridized carbons (Fsp3) is 0.200. The molecule has 0 saturated heterocycles. The van der Waals surface area contributed by atoms with Crippen molar-refractivity contribution < 1.29 is 12.8 Å². The molecule has 0 aliphatic heterocycles. The van der Waals surface area contributed by atoms with Crippen molar-refractivity contribution in [3.8, 4) is 10.8 Å². The van der Waals surface area contributed by atoms with Gasteiger partial charge < -0.3 is 4.42 Å². The van der Waals surface area contributed by atoms with E-state index < -0.39 is 10.0 Å². The summed E-state index contributed by atoms with van der Waals surface area (Å²) in [6.07, 6.45) is 0. The second-order valence-corrected chi connectivity index (χ2v) is 8.14. The van der Waals surface area contributed by atoms with Gasteiger partial charge in [-0.25, -0.2) is 13.1 Å². The SMILES string of the molecule is Cc1cccc(CNS(=O)(=O)c2ccc(-c3nnc(C)o3)s2)c1. The van der Waals surface area contributed by atoms with E-state index in [-0.39, 0.29) is 10.8 Å². The largest absolute Gasteiger partial charge is 0.420 e. The van der Waals surface area contributed by atoms with Crippen molar-refractivity contribution in [3.05, 3.63) is 53.4 Å². The predicted octanol–water partition coefficient (Wildman–Crippen LogP) is 2.89. The molecule has 0 radical (unpaired) electrons. The molecular formula is C15H15N3O3S2. The lowest BCUT2D eigenvalue weighted by Gasteiger charge is -2.05. The van der Waals surface area contributed by atoms with Gasteiger partial charge in [-0.1, -0.05) is 29.8 Å². The topological polar surface area (TPSA) is 85.1 Å². The van der Waals surface area contributed by atoms with Gasteiger partial charge in [-0.15, -0.1) is 21.5 Å². The lowest BCUT2D eigenvalue weighted by Crippen LogP contribution is -2.22. The number of nitrogens with one attached hydrogen (secondary N) is 1. The minimum atomic E-state index is -3.57. The summed E-state index contributed by atoms with van der Waals surface area (Å²) in [5.41, 5.74) is 2.00. The van der Waals surface area contributed by atoms with E-state index in [4.69, 9.17) is 4.42 Å². The van der Waals surface area contributed by atoms with Gasteiger partial charge in [-0.05, 0) is 24.6 Å². The Morgan fingerprint density at radius 1 is 1.17 bits per heavy atom. The van der Waals surface area contributed by atoms with E-state index in [1.165, 1.54) is 6.07 Å². The van der Waals surface area contributed by atoms with Crippen LogP contribution in [0.2, 0.25) is 0 Å². The van der Waals surface area contributed by atoms with Crippen LogP contribution in [0.3, 0.4) is 0 Å². The number of thiophene rings is 1. The van der Waals surface area contributed by atoms with Gasteiger partial charge in [0.1, 0.15) is 4.21 Å². The van der Waals surface area contributed by atoms with Gasteiger partial charge in [-0.2, -0.15) is 0 Å². The molecule has 8 heteroatoms. The van der Waals surface area contributed by atoms with Crippen molar-refractivity contribution in [2.75, 3.05) is 0 Å². The first-order chi connectivity index (χ1) is 10.9. The third-order valence-electron chi connectivity index (χ3n) is 3.13. The zero-order chi connectivity index (χ0) is 16.4. The third-order valence-corrected chi connectivity index (χ3v) is 6.10. The molecule has 120 valence electrons. The highest BCUT2D eigenvalue weighted by Crippen LogP contribution is 2.29. The van der Waals surface area contributed by atoms with Crippen LogP contribution in [-0.2, 0) is 16.6 Å². The first-order valence-corrected chi connectivity index (χ1v) is 9.19. The normalized spacial score (nSPS) is 11.7. The quantitative estimate of drug-likeness (QED) is 0.765. The zero-order valence-electron chi connectivity index (χ0n) is 12.6. The smallest absolute Gasteiger partial charge is 0.257 e. The summed E-state index contributed by atoms with van der Waals surface area (Å²) < 4.78 is 32.9. The summed E-state index contributed by atoms with van der Waals surface area (Å²) in [6, 6.07) is 10.9. The number of aromatic nitrogens is 2. The summed E-state index contributed by atoms with van der Waals surface area (Å²) >= 11 is 1.10.